The summed E-state index contributed by atoms with van der Waals surface area (Å²) < 4.78 is 3.11. The van der Waals surface area contributed by atoms with Crippen LogP contribution in [0, 0.1) is 0 Å². The zero-order valence-corrected chi connectivity index (χ0v) is 4.29. The van der Waals surface area contributed by atoms with Gasteiger partial charge >= 0.3 is 0 Å². The summed E-state index contributed by atoms with van der Waals surface area (Å²) in [4.78, 5) is 0. The van der Waals surface area contributed by atoms with Gasteiger partial charge in [-0.2, -0.15) is 0 Å². The van der Waals surface area contributed by atoms with Crippen molar-refractivity contribution in [2.45, 2.75) is 6.42 Å². The first kappa shape index (κ1) is 4.22. The third-order valence-corrected chi connectivity index (χ3v) is 1.36. The Kier molecular flexibility index (Phi) is 1.59. The van der Waals surface area contributed by atoms with Gasteiger partial charge in [-0.3, -0.25) is 4.72 Å². The number of nitrogens with one attached hydrogen (secondary N) is 1. The monoisotopic (exact) mass is 101 g/mol. The molecular formula is C4H7NS. The molecule has 0 saturated heterocycles. The largest absolute Gasteiger partial charge is 0.260 e. The number of hydrogen-bond acceptors (Lipinski definition) is 2. The van der Waals surface area contributed by atoms with Crippen LogP contribution in [-0.4, -0.2) is 6.54 Å². The number of hydrogen-bond donors (Lipinski definition) is 1. The molecule has 0 unspecified atom stereocenters. The highest BCUT2D eigenvalue weighted by Crippen LogP contribution is 2.01. The zero-order valence-electron chi connectivity index (χ0n) is 3.48. The van der Waals surface area contributed by atoms with Gasteiger partial charge in [0.05, 0.1) is 0 Å². The highest BCUT2D eigenvalue weighted by Gasteiger charge is 1.85. The van der Waals surface area contributed by atoms with Crippen LogP contribution in [0.15, 0.2) is 11.5 Å². The molecule has 1 aliphatic heterocycles. The van der Waals surface area contributed by atoms with E-state index >= 15 is 0 Å². The van der Waals surface area contributed by atoms with Gasteiger partial charge in [-0.05, 0) is 11.8 Å². The Hall–Kier alpha value is 0.0500. The fourth-order valence-electron chi connectivity index (χ4n) is 0.365. The molecule has 6 heavy (non-hydrogen) atoms. The van der Waals surface area contributed by atoms with E-state index in [4.69, 9.17) is 0 Å². The predicted molar refractivity (Wildman–Crippen MR) is 29.4 cm³/mol. The third-order valence-electron chi connectivity index (χ3n) is 0.661. The molecule has 0 radical (unpaired) electrons. The molecule has 2 heteroatoms. The van der Waals surface area contributed by atoms with Crippen LogP contribution in [0.25, 0.3) is 0 Å². The Labute approximate surface area is 41.9 Å². The minimum absolute atomic E-state index is 1.13. The molecule has 0 amide bonds. The van der Waals surface area contributed by atoms with Crippen LogP contribution < -0.4 is 4.72 Å². The SMILES string of the molecule is C1=CSNCC1. The fraction of sp³-hybridized carbons (Fsp3) is 0.500. The smallest absolute Gasteiger partial charge is 0.00965 e. The van der Waals surface area contributed by atoms with Gasteiger partial charge in [-0.15, -0.1) is 0 Å². The van der Waals surface area contributed by atoms with Crippen molar-refractivity contribution in [1.82, 2.24) is 4.72 Å². The highest BCUT2D eigenvalue weighted by molar-refractivity contribution is 8.00. The van der Waals surface area contributed by atoms with E-state index in [-0.39, 0.29) is 0 Å². The fourth-order valence-corrected chi connectivity index (χ4v) is 0.930. The van der Waals surface area contributed by atoms with Gasteiger partial charge in [0.25, 0.3) is 0 Å². The minimum atomic E-state index is 1.13. The standard InChI is InChI=1S/C4H7NS/c1-2-4-6-5-3-1/h2,4-5H,1,3H2. The van der Waals surface area contributed by atoms with E-state index in [0.29, 0.717) is 0 Å². The second kappa shape index (κ2) is 2.26. The third kappa shape index (κ3) is 1.03. The molecule has 0 aromatic rings. The van der Waals surface area contributed by atoms with Gasteiger partial charge in [0.15, 0.2) is 0 Å². The van der Waals surface area contributed by atoms with Crippen LogP contribution in [0.2, 0.25) is 0 Å². The van der Waals surface area contributed by atoms with Gasteiger partial charge < -0.3 is 0 Å². The second-order valence-electron chi connectivity index (χ2n) is 1.17. The lowest BCUT2D eigenvalue weighted by Gasteiger charge is -2.00. The molecule has 0 saturated carbocycles. The molecule has 1 rings (SSSR count). The quantitative estimate of drug-likeness (QED) is 0.459. The summed E-state index contributed by atoms with van der Waals surface area (Å²) in [6.07, 6.45) is 3.36. The van der Waals surface area contributed by atoms with E-state index in [1.54, 1.807) is 11.9 Å². The van der Waals surface area contributed by atoms with Gasteiger partial charge in [0.1, 0.15) is 0 Å². The zero-order chi connectivity index (χ0) is 4.24. The normalized spacial score (nSPS) is 21.3. The van der Waals surface area contributed by atoms with Gasteiger partial charge in [-0.1, -0.05) is 18.0 Å². The molecule has 0 aromatic heterocycles. The summed E-state index contributed by atoms with van der Waals surface area (Å²) in [5.41, 5.74) is 0. The first-order valence-electron chi connectivity index (χ1n) is 2.03. The predicted octanol–water partition coefficient (Wildman–Crippen LogP) is 1.14. The molecular weight excluding hydrogens is 94.1 g/mol. The average Bonchev–Trinajstić information content (AvgIpc) is 1.72. The van der Waals surface area contributed by atoms with E-state index < -0.39 is 0 Å². The molecule has 0 spiro atoms. The maximum absolute atomic E-state index is 3.11. The summed E-state index contributed by atoms with van der Waals surface area (Å²) in [7, 11) is 0. The molecule has 1 heterocycles. The van der Waals surface area contributed by atoms with Crippen molar-refractivity contribution in [3.63, 3.8) is 0 Å². The van der Waals surface area contributed by atoms with Gasteiger partial charge in [-0.25, -0.2) is 0 Å². The van der Waals surface area contributed by atoms with Crippen LogP contribution in [0.3, 0.4) is 0 Å². The second-order valence-corrected chi connectivity index (χ2v) is 1.97. The molecule has 0 aliphatic carbocycles. The Balaban J connectivity index is 2.26. The summed E-state index contributed by atoms with van der Waals surface area (Å²) in [6.45, 7) is 1.13. The lowest BCUT2D eigenvalue weighted by molar-refractivity contribution is 0.931. The van der Waals surface area contributed by atoms with Crippen molar-refractivity contribution in [3.05, 3.63) is 11.5 Å². The molecule has 1 N–H and O–H groups in total. The first-order chi connectivity index (χ1) is 3.00. The molecule has 1 nitrogen and oxygen atoms in total. The van der Waals surface area contributed by atoms with E-state index in [1.165, 1.54) is 6.42 Å². The van der Waals surface area contributed by atoms with Gasteiger partial charge in [0, 0.05) is 6.54 Å². The molecule has 0 bridgehead atoms. The van der Waals surface area contributed by atoms with E-state index in [2.05, 4.69) is 16.2 Å². The van der Waals surface area contributed by atoms with Crippen molar-refractivity contribution >= 4 is 11.9 Å². The van der Waals surface area contributed by atoms with E-state index in [9.17, 15) is 0 Å². The first-order valence-corrected chi connectivity index (χ1v) is 2.91. The topological polar surface area (TPSA) is 12.0 Å². The van der Waals surface area contributed by atoms with Crippen LogP contribution in [0.1, 0.15) is 6.42 Å². The average molecular weight is 101 g/mol. The van der Waals surface area contributed by atoms with Crippen molar-refractivity contribution < 1.29 is 0 Å². The maximum Gasteiger partial charge on any atom is 0.00965 e. The summed E-state index contributed by atoms with van der Waals surface area (Å²) in [5, 5.41) is 2.07. The van der Waals surface area contributed by atoms with Crippen LogP contribution >= 0.6 is 11.9 Å². The van der Waals surface area contributed by atoms with E-state index in [0.717, 1.165) is 6.54 Å². The lowest BCUT2D eigenvalue weighted by Crippen LogP contribution is -2.05. The molecule has 1 aliphatic rings. The highest BCUT2D eigenvalue weighted by atomic mass is 32.2. The maximum atomic E-state index is 3.11. The van der Waals surface area contributed by atoms with Crippen LogP contribution in [0.4, 0.5) is 0 Å². The molecule has 0 fully saturated rings. The van der Waals surface area contributed by atoms with Crippen molar-refractivity contribution in [2.24, 2.45) is 0 Å². The van der Waals surface area contributed by atoms with Gasteiger partial charge in [0.2, 0.25) is 0 Å². The van der Waals surface area contributed by atoms with Crippen molar-refractivity contribution in [3.8, 4) is 0 Å². The Morgan fingerprint density at radius 1 is 1.67 bits per heavy atom. The Morgan fingerprint density at radius 3 is 2.83 bits per heavy atom. The summed E-state index contributed by atoms with van der Waals surface area (Å²) in [6, 6.07) is 0. The summed E-state index contributed by atoms with van der Waals surface area (Å²) >= 11 is 1.66. The van der Waals surface area contributed by atoms with Crippen LogP contribution in [-0.2, 0) is 0 Å². The van der Waals surface area contributed by atoms with Crippen molar-refractivity contribution in [1.29, 1.82) is 0 Å². The van der Waals surface area contributed by atoms with E-state index in [1.807, 2.05) is 0 Å². The Bertz CT molecular complexity index is 52.6. The lowest BCUT2D eigenvalue weighted by atomic mass is 10.4. The minimum Gasteiger partial charge on any atom is -0.260 e. The molecule has 0 atom stereocenters. The molecule has 0 aromatic carbocycles. The van der Waals surface area contributed by atoms with Crippen LogP contribution in [0.5, 0.6) is 0 Å². The summed E-state index contributed by atoms with van der Waals surface area (Å²) in [5.74, 6) is 0. The number of rotatable bonds is 0. The molecule has 34 valence electrons. The Morgan fingerprint density at radius 2 is 2.67 bits per heavy atom. The van der Waals surface area contributed by atoms with Crippen molar-refractivity contribution in [2.75, 3.05) is 6.54 Å².